The molecule has 0 aromatic heterocycles. The maximum Gasteiger partial charge on any atom is 0.234 e. The number of aliphatic hydroxyl groups excluding tert-OH is 1. The van der Waals surface area contributed by atoms with E-state index in [4.69, 9.17) is 0 Å². The molecule has 1 amide bonds. The van der Waals surface area contributed by atoms with E-state index in [1.54, 1.807) is 0 Å². The normalized spacial score (nSPS) is 16.2. The highest BCUT2D eigenvalue weighted by Crippen LogP contribution is 2.33. The Bertz CT molecular complexity index is 423. The summed E-state index contributed by atoms with van der Waals surface area (Å²) in [7, 11) is 1.86. The van der Waals surface area contributed by atoms with Crippen LogP contribution in [0, 0.1) is 0 Å². The van der Waals surface area contributed by atoms with E-state index in [-0.39, 0.29) is 5.91 Å². The number of benzene rings is 1. The molecule has 1 aromatic rings. The van der Waals surface area contributed by atoms with Crippen LogP contribution >= 0.6 is 11.8 Å². The molecular weight excluding hydrogens is 236 g/mol. The number of aliphatic hydroxyl groups is 1. The van der Waals surface area contributed by atoms with Gasteiger partial charge in [0.1, 0.15) is 0 Å². The summed E-state index contributed by atoms with van der Waals surface area (Å²) in [5, 5.41) is 15.8. The molecule has 2 rings (SSSR count). The van der Waals surface area contributed by atoms with E-state index >= 15 is 0 Å². The maximum atomic E-state index is 11.3. The van der Waals surface area contributed by atoms with Gasteiger partial charge in [0.05, 0.1) is 17.5 Å². The first-order chi connectivity index (χ1) is 8.20. The number of thioether (sulfide) groups is 1. The second-order valence-electron chi connectivity index (χ2n) is 4.00. The Morgan fingerprint density at radius 3 is 3.18 bits per heavy atom. The third-order valence-corrected chi connectivity index (χ3v) is 3.76. The summed E-state index contributed by atoms with van der Waals surface area (Å²) in [5.74, 6) is 0.485. The van der Waals surface area contributed by atoms with Crippen LogP contribution in [0.5, 0.6) is 0 Å². The molecule has 0 saturated carbocycles. The highest BCUT2D eigenvalue weighted by molar-refractivity contribution is 8.00. The van der Waals surface area contributed by atoms with Gasteiger partial charge < -0.3 is 15.7 Å². The van der Waals surface area contributed by atoms with Crippen molar-refractivity contribution in [1.82, 2.24) is 5.32 Å². The molecule has 17 heavy (non-hydrogen) atoms. The number of hydrogen-bond donors (Lipinski definition) is 3. The molecule has 0 bridgehead atoms. The van der Waals surface area contributed by atoms with Gasteiger partial charge in [-0.05, 0) is 37.7 Å². The number of nitrogens with one attached hydrogen (secondary N) is 2. The fourth-order valence-electron chi connectivity index (χ4n) is 1.76. The van der Waals surface area contributed by atoms with Crippen LogP contribution in [-0.2, 0) is 4.79 Å². The molecular formula is C12H16N2O2S. The van der Waals surface area contributed by atoms with Crippen LogP contribution in [-0.4, -0.2) is 30.4 Å². The van der Waals surface area contributed by atoms with Gasteiger partial charge >= 0.3 is 0 Å². The van der Waals surface area contributed by atoms with Gasteiger partial charge in [-0.15, -0.1) is 11.8 Å². The second kappa shape index (κ2) is 5.53. The van der Waals surface area contributed by atoms with Gasteiger partial charge in [-0.2, -0.15) is 0 Å². The molecule has 4 nitrogen and oxygen atoms in total. The number of hydrogen-bond acceptors (Lipinski definition) is 4. The van der Waals surface area contributed by atoms with E-state index in [1.165, 1.54) is 11.8 Å². The van der Waals surface area contributed by atoms with E-state index in [0.717, 1.165) is 22.7 Å². The zero-order valence-electron chi connectivity index (χ0n) is 9.69. The second-order valence-corrected chi connectivity index (χ2v) is 5.02. The summed E-state index contributed by atoms with van der Waals surface area (Å²) in [6.45, 7) is 0.763. The lowest BCUT2D eigenvalue weighted by molar-refractivity contribution is -0.113. The van der Waals surface area contributed by atoms with Crippen LogP contribution < -0.4 is 10.6 Å². The van der Waals surface area contributed by atoms with Crippen LogP contribution in [0.1, 0.15) is 18.1 Å². The Hall–Kier alpha value is -1.04. The summed E-state index contributed by atoms with van der Waals surface area (Å²) in [6, 6.07) is 5.74. The molecule has 1 atom stereocenters. The zero-order chi connectivity index (χ0) is 12.3. The largest absolute Gasteiger partial charge is 0.388 e. The Balaban J connectivity index is 2.14. The number of amides is 1. The lowest BCUT2D eigenvalue weighted by Gasteiger charge is -2.19. The fraction of sp³-hybridized carbons (Fsp3) is 0.417. The van der Waals surface area contributed by atoms with Crippen molar-refractivity contribution in [1.29, 1.82) is 0 Å². The number of carbonyl (C=O) groups excluding carboxylic acids is 1. The summed E-state index contributed by atoms with van der Waals surface area (Å²) in [5.41, 5.74) is 1.66. The highest BCUT2D eigenvalue weighted by Gasteiger charge is 2.17. The minimum atomic E-state index is -0.489. The first-order valence-corrected chi connectivity index (χ1v) is 6.58. The molecule has 5 heteroatoms. The summed E-state index contributed by atoms with van der Waals surface area (Å²) in [4.78, 5) is 12.3. The van der Waals surface area contributed by atoms with Crippen LogP contribution in [0.15, 0.2) is 23.1 Å². The highest BCUT2D eigenvalue weighted by atomic mass is 32.2. The number of rotatable bonds is 4. The van der Waals surface area contributed by atoms with Gasteiger partial charge in [0.2, 0.25) is 5.91 Å². The molecule has 0 spiro atoms. The molecule has 1 aliphatic rings. The van der Waals surface area contributed by atoms with Crippen molar-refractivity contribution in [3.8, 4) is 0 Å². The first-order valence-electron chi connectivity index (χ1n) is 5.60. The monoisotopic (exact) mass is 252 g/mol. The van der Waals surface area contributed by atoms with E-state index in [0.29, 0.717) is 12.2 Å². The summed E-state index contributed by atoms with van der Waals surface area (Å²) < 4.78 is 0. The minimum Gasteiger partial charge on any atom is -0.388 e. The predicted molar refractivity (Wildman–Crippen MR) is 69.3 cm³/mol. The first kappa shape index (κ1) is 12.4. The Labute approximate surface area is 105 Å². The molecule has 0 radical (unpaired) electrons. The van der Waals surface area contributed by atoms with E-state index in [1.807, 2.05) is 25.2 Å². The quantitative estimate of drug-likeness (QED) is 0.757. The predicted octanol–water partition coefficient (Wildman–Crippen LogP) is 1.37. The SMILES string of the molecule is CNCCC(O)c1ccc2c(c1)NC(=O)CS2. The topological polar surface area (TPSA) is 61.4 Å². The lowest BCUT2D eigenvalue weighted by atomic mass is 10.1. The van der Waals surface area contributed by atoms with Crippen LogP contribution in [0.25, 0.3) is 0 Å². The van der Waals surface area contributed by atoms with Gasteiger partial charge in [0, 0.05) is 4.90 Å². The molecule has 0 saturated heterocycles. The standard InChI is InChI=1S/C12H16N2O2S/c1-13-5-4-10(15)8-2-3-11-9(6-8)14-12(16)7-17-11/h2-3,6,10,13,15H,4-5,7H2,1H3,(H,14,16). The lowest BCUT2D eigenvalue weighted by Crippen LogP contribution is -2.19. The van der Waals surface area contributed by atoms with Crippen molar-refractivity contribution in [3.05, 3.63) is 23.8 Å². The summed E-state index contributed by atoms with van der Waals surface area (Å²) in [6.07, 6.45) is 0.174. The maximum absolute atomic E-state index is 11.3. The van der Waals surface area contributed by atoms with E-state index in [2.05, 4.69) is 10.6 Å². The molecule has 0 aliphatic carbocycles. The average Bonchev–Trinajstić information content (AvgIpc) is 2.35. The van der Waals surface area contributed by atoms with Crippen molar-refractivity contribution >= 4 is 23.4 Å². The molecule has 3 N–H and O–H groups in total. The Morgan fingerprint density at radius 1 is 1.59 bits per heavy atom. The molecule has 92 valence electrons. The zero-order valence-corrected chi connectivity index (χ0v) is 10.5. The van der Waals surface area contributed by atoms with Gasteiger partial charge in [0.25, 0.3) is 0 Å². The molecule has 1 heterocycles. The van der Waals surface area contributed by atoms with Crippen molar-refractivity contribution in [2.24, 2.45) is 0 Å². The average molecular weight is 252 g/mol. The third kappa shape index (κ3) is 3.00. The van der Waals surface area contributed by atoms with Crippen LogP contribution in [0.2, 0.25) is 0 Å². The van der Waals surface area contributed by atoms with Crippen molar-refractivity contribution in [2.75, 3.05) is 24.7 Å². The van der Waals surface area contributed by atoms with Crippen molar-refractivity contribution in [3.63, 3.8) is 0 Å². The Kier molecular flexibility index (Phi) is 4.04. The van der Waals surface area contributed by atoms with E-state index in [9.17, 15) is 9.90 Å². The number of anilines is 1. The Morgan fingerprint density at radius 2 is 2.41 bits per heavy atom. The minimum absolute atomic E-state index is 0.0179. The number of carbonyl (C=O) groups is 1. The molecule has 0 fully saturated rings. The molecule has 1 aliphatic heterocycles. The van der Waals surface area contributed by atoms with Crippen molar-refractivity contribution < 1.29 is 9.90 Å². The van der Waals surface area contributed by atoms with Gasteiger partial charge in [-0.1, -0.05) is 6.07 Å². The van der Waals surface area contributed by atoms with Gasteiger partial charge in [-0.3, -0.25) is 4.79 Å². The van der Waals surface area contributed by atoms with Crippen LogP contribution in [0.3, 0.4) is 0 Å². The van der Waals surface area contributed by atoms with Gasteiger partial charge in [-0.25, -0.2) is 0 Å². The van der Waals surface area contributed by atoms with Crippen molar-refractivity contribution in [2.45, 2.75) is 17.4 Å². The molecule has 1 unspecified atom stereocenters. The van der Waals surface area contributed by atoms with Crippen LogP contribution in [0.4, 0.5) is 5.69 Å². The fourth-order valence-corrected chi connectivity index (χ4v) is 2.54. The third-order valence-electron chi connectivity index (χ3n) is 2.69. The molecule has 1 aromatic carbocycles. The van der Waals surface area contributed by atoms with E-state index < -0.39 is 6.10 Å². The smallest absolute Gasteiger partial charge is 0.234 e. The summed E-state index contributed by atoms with van der Waals surface area (Å²) >= 11 is 1.53. The number of fused-ring (bicyclic) bond motifs is 1. The van der Waals surface area contributed by atoms with Gasteiger partial charge in [0.15, 0.2) is 0 Å².